The number of halogens is 1. The number of nitrogens with one attached hydrogen (secondary N) is 1. The Kier molecular flexibility index (Phi) is 5.53. The molecule has 150 valence electrons. The second-order valence-electron chi connectivity index (χ2n) is 7.25. The van der Waals surface area contributed by atoms with Crippen LogP contribution in [-0.4, -0.2) is 22.7 Å². The molecule has 4 rings (SSSR count). The van der Waals surface area contributed by atoms with Gasteiger partial charge in [-0.2, -0.15) is 0 Å². The highest BCUT2D eigenvalue weighted by atomic mass is 35.5. The molecule has 0 unspecified atom stereocenters. The van der Waals surface area contributed by atoms with Gasteiger partial charge >= 0.3 is 0 Å². The average molecular weight is 412 g/mol. The molecule has 0 atom stereocenters. The van der Waals surface area contributed by atoms with Gasteiger partial charge in [-0.25, -0.2) is 9.66 Å². The molecular formula is C22H22ClN3O3. The summed E-state index contributed by atoms with van der Waals surface area (Å²) < 4.78 is 6.59. The number of rotatable bonds is 4. The lowest BCUT2D eigenvalue weighted by Crippen LogP contribution is -2.37. The van der Waals surface area contributed by atoms with Gasteiger partial charge in [0.1, 0.15) is 11.6 Å². The van der Waals surface area contributed by atoms with Gasteiger partial charge in [0.15, 0.2) is 0 Å². The lowest BCUT2D eigenvalue weighted by Gasteiger charge is -2.24. The molecule has 1 heterocycles. The van der Waals surface area contributed by atoms with E-state index >= 15 is 0 Å². The molecule has 0 spiro atoms. The van der Waals surface area contributed by atoms with Crippen molar-refractivity contribution in [2.45, 2.75) is 38.0 Å². The Morgan fingerprint density at radius 2 is 1.93 bits per heavy atom. The molecule has 3 aromatic rings. The molecule has 1 N–H and O–H groups in total. The SMILES string of the molecule is COc1ccc(Cl)cc1C(=O)Nn1c(C2CCCCC2)nc2ccccc2c1=O. The largest absolute Gasteiger partial charge is 0.496 e. The van der Waals surface area contributed by atoms with E-state index in [4.69, 9.17) is 21.3 Å². The fourth-order valence-electron chi connectivity index (χ4n) is 3.91. The minimum atomic E-state index is -0.472. The van der Waals surface area contributed by atoms with E-state index in [0.717, 1.165) is 25.7 Å². The Hall–Kier alpha value is -2.86. The molecule has 1 fully saturated rings. The van der Waals surface area contributed by atoms with Gasteiger partial charge in [0, 0.05) is 10.9 Å². The van der Waals surface area contributed by atoms with Gasteiger partial charge in [-0.3, -0.25) is 15.0 Å². The van der Waals surface area contributed by atoms with E-state index in [1.165, 1.54) is 24.3 Å². The van der Waals surface area contributed by atoms with Crippen LogP contribution in [0, 0.1) is 0 Å². The normalized spacial score (nSPS) is 14.7. The Labute approximate surface area is 173 Å². The standard InChI is InChI=1S/C22H22ClN3O3/c1-29-19-12-11-15(23)13-17(19)21(27)25-26-20(14-7-3-2-4-8-14)24-18-10-6-5-9-16(18)22(26)28/h5-6,9-14H,2-4,7-8H2,1H3,(H,25,27). The van der Waals surface area contributed by atoms with E-state index in [1.54, 1.807) is 24.3 Å². The number of ether oxygens (including phenoxy) is 1. The molecule has 1 aliphatic rings. The number of hydrogen-bond acceptors (Lipinski definition) is 4. The summed E-state index contributed by atoms with van der Waals surface area (Å²) in [6.07, 6.45) is 5.25. The van der Waals surface area contributed by atoms with Gasteiger partial charge in [-0.1, -0.05) is 43.0 Å². The fraction of sp³-hybridized carbons (Fsp3) is 0.318. The average Bonchev–Trinajstić information content (AvgIpc) is 2.76. The lowest BCUT2D eigenvalue weighted by molar-refractivity contribution is 0.100. The van der Waals surface area contributed by atoms with Gasteiger partial charge in [0.05, 0.1) is 23.6 Å². The van der Waals surface area contributed by atoms with E-state index in [9.17, 15) is 9.59 Å². The summed E-state index contributed by atoms with van der Waals surface area (Å²) in [5.74, 6) is 0.638. The number of hydrogen-bond donors (Lipinski definition) is 1. The van der Waals surface area contributed by atoms with Gasteiger partial charge < -0.3 is 4.74 Å². The van der Waals surface area contributed by atoms with Crippen LogP contribution < -0.4 is 15.7 Å². The highest BCUT2D eigenvalue weighted by Crippen LogP contribution is 2.31. The van der Waals surface area contributed by atoms with Crippen LogP contribution in [-0.2, 0) is 0 Å². The zero-order chi connectivity index (χ0) is 20.4. The molecule has 6 nitrogen and oxygen atoms in total. The third kappa shape index (κ3) is 3.85. The summed E-state index contributed by atoms with van der Waals surface area (Å²) in [6.45, 7) is 0. The van der Waals surface area contributed by atoms with Crippen molar-refractivity contribution < 1.29 is 9.53 Å². The van der Waals surface area contributed by atoms with Crippen molar-refractivity contribution in [2.24, 2.45) is 0 Å². The fourth-order valence-corrected chi connectivity index (χ4v) is 4.08. The molecule has 7 heteroatoms. The van der Waals surface area contributed by atoms with Gasteiger partial charge in [-0.15, -0.1) is 0 Å². The monoisotopic (exact) mass is 411 g/mol. The molecule has 0 aliphatic heterocycles. The molecular weight excluding hydrogens is 390 g/mol. The second kappa shape index (κ2) is 8.25. The van der Waals surface area contributed by atoms with Crippen LogP contribution in [0.5, 0.6) is 5.75 Å². The topological polar surface area (TPSA) is 73.2 Å². The summed E-state index contributed by atoms with van der Waals surface area (Å²) in [5.41, 5.74) is 3.37. The van der Waals surface area contributed by atoms with E-state index in [0.29, 0.717) is 27.5 Å². The Balaban J connectivity index is 1.81. The van der Waals surface area contributed by atoms with Gasteiger partial charge in [-0.05, 0) is 43.2 Å². The van der Waals surface area contributed by atoms with Crippen LogP contribution in [0.2, 0.25) is 5.02 Å². The van der Waals surface area contributed by atoms with Crippen LogP contribution in [0.15, 0.2) is 47.3 Å². The Morgan fingerprint density at radius 1 is 1.17 bits per heavy atom. The number of benzene rings is 2. The zero-order valence-corrected chi connectivity index (χ0v) is 16.9. The van der Waals surface area contributed by atoms with E-state index in [-0.39, 0.29) is 17.0 Å². The molecule has 0 radical (unpaired) electrons. The summed E-state index contributed by atoms with van der Waals surface area (Å²) in [5, 5.41) is 0.873. The third-order valence-corrected chi connectivity index (χ3v) is 5.63. The smallest absolute Gasteiger partial charge is 0.280 e. The van der Waals surface area contributed by atoms with Gasteiger partial charge in [0.2, 0.25) is 0 Å². The van der Waals surface area contributed by atoms with E-state index in [2.05, 4.69) is 5.43 Å². The Bertz CT molecular complexity index is 1120. The van der Waals surface area contributed by atoms with Crippen LogP contribution >= 0.6 is 11.6 Å². The van der Waals surface area contributed by atoms with Crippen LogP contribution in [0.1, 0.15) is 54.2 Å². The Morgan fingerprint density at radius 3 is 2.69 bits per heavy atom. The van der Waals surface area contributed by atoms with Crippen LogP contribution in [0.4, 0.5) is 0 Å². The number of nitrogens with zero attached hydrogens (tertiary/aromatic N) is 2. The first-order chi connectivity index (χ1) is 14.1. The first kappa shape index (κ1) is 19.5. The number of aromatic nitrogens is 2. The molecule has 1 aromatic heterocycles. The lowest BCUT2D eigenvalue weighted by atomic mass is 9.88. The minimum Gasteiger partial charge on any atom is -0.496 e. The highest BCUT2D eigenvalue weighted by Gasteiger charge is 2.24. The quantitative estimate of drug-likeness (QED) is 0.686. The summed E-state index contributed by atoms with van der Waals surface area (Å²) >= 11 is 6.07. The maximum absolute atomic E-state index is 13.2. The first-order valence-electron chi connectivity index (χ1n) is 9.75. The second-order valence-corrected chi connectivity index (χ2v) is 7.68. The predicted molar refractivity (Wildman–Crippen MR) is 114 cm³/mol. The molecule has 1 aliphatic carbocycles. The number of methoxy groups -OCH3 is 1. The first-order valence-corrected chi connectivity index (χ1v) is 10.1. The van der Waals surface area contributed by atoms with E-state index in [1.807, 2.05) is 12.1 Å². The molecule has 2 aromatic carbocycles. The van der Waals surface area contributed by atoms with Crippen LogP contribution in [0.3, 0.4) is 0 Å². The summed E-state index contributed by atoms with van der Waals surface area (Å²) in [4.78, 5) is 31.0. The minimum absolute atomic E-state index is 0.127. The number of para-hydroxylation sites is 1. The van der Waals surface area contributed by atoms with Crippen molar-refractivity contribution in [2.75, 3.05) is 12.5 Å². The van der Waals surface area contributed by atoms with Crippen molar-refractivity contribution in [1.82, 2.24) is 9.66 Å². The molecule has 1 amide bonds. The van der Waals surface area contributed by atoms with Crippen molar-refractivity contribution >= 4 is 28.4 Å². The van der Waals surface area contributed by atoms with Crippen molar-refractivity contribution in [3.63, 3.8) is 0 Å². The molecule has 29 heavy (non-hydrogen) atoms. The number of carbonyl (C=O) groups is 1. The summed E-state index contributed by atoms with van der Waals surface area (Å²) in [7, 11) is 1.48. The number of carbonyl (C=O) groups excluding carboxylic acids is 1. The van der Waals surface area contributed by atoms with Crippen molar-refractivity contribution in [1.29, 1.82) is 0 Å². The van der Waals surface area contributed by atoms with E-state index < -0.39 is 5.91 Å². The third-order valence-electron chi connectivity index (χ3n) is 5.39. The maximum atomic E-state index is 13.2. The number of fused-ring (bicyclic) bond motifs is 1. The molecule has 0 saturated heterocycles. The molecule has 0 bridgehead atoms. The predicted octanol–water partition coefficient (Wildman–Crippen LogP) is 4.49. The van der Waals surface area contributed by atoms with Crippen molar-refractivity contribution in [3.8, 4) is 5.75 Å². The molecule has 1 saturated carbocycles. The van der Waals surface area contributed by atoms with Gasteiger partial charge in [0.25, 0.3) is 11.5 Å². The van der Waals surface area contributed by atoms with Crippen LogP contribution in [0.25, 0.3) is 10.9 Å². The zero-order valence-electron chi connectivity index (χ0n) is 16.2. The summed E-state index contributed by atoms with van der Waals surface area (Å²) in [6, 6.07) is 12.0. The van der Waals surface area contributed by atoms with Crippen molar-refractivity contribution in [3.05, 3.63) is 69.2 Å². The number of amides is 1. The maximum Gasteiger partial charge on any atom is 0.280 e. The highest BCUT2D eigenvalue weighted by molar-refractivity contribution is 6.31.